The molecule has 10 nitrogen and oxygen atoms in total. The molecule has 0 amide bonds. The Bertz CT molecular complexity index is 1410. The molecule has 5 saturated carbocycles. The predicted octanol–water partition coefficient (Wildman–Crippen LogP) is 4.84. The van der Waals surface area contributed by atoms with Gasteiger partial charge in [-0.05, 0) is 131 Å². The van der Waals surface area contributed by atoms with Crippen LogP contribution in [0.1, 0.15) is 121 Å². The monoisotopic (exact) mass is 761 g/mol. The molecular formula is C44H76N2O8. The smallest absolute Gasteiger partial charge is 0.170 e. The van der Waals surface area contributed by atoms with Crippen LogP contribution < -0.4 is 0 Å². The van der Waals surface area contributed by atoms with Crippen molar-refractivity contribution in [2.75, 3.05) is 52.5 Å². The van der Waals surface area contributed by atoms with Crippen LogP contribution in [0.5, 0.6) is 0 Å². The zero-order valence-electron chi connectivity index (χ0n) is 35.4. The molecule has 4 N–H and O–H groups in total. The number of fused-ring (bicyclic) bond motifs is 4. The second kappa shape index (κ2) is 13.0. The van der Waals surface area contributed by atoms with Gasteiger partial charge in [0.15, 0.2) is 6.29 Å². The van der Waals surface area contributed by atoms with Crippen molar-refractivity contribution >= 4 is 0 Å². The van der Waals surface area contributed by atoms with E-state index in [-0.39, 0.29) is 52.2 Å². The van der Waals surface area contributed by atoms with Crippen LogP contribution in [-0.4, -0.2) is 136 Å². The number of ether oxygens (including phenoxy) is 4. The number of morpholine rings is 1. The minimum Gasteiger partial charge on any atom is -0.390 e. The van der Waals surface area contributed by atoms with E-state index in [1.807, 2.05) is 34.6 Å². The van der Waals surface area contributed by atoms with E-state index < -0.39 is 29.0 Å². The second-order valence-electron chi connectivity index (χ2n) is 22.4. The highest BCUT2D eigenvalue weighted by atomic mass is 16.7. The van der Waals surface area contributed by atoms with Crippen LogP contribution in [0.15, 0.2) is 0 Å². The summed E-state index contributed by atoms with van der Waals surface area (Å²) in [5.41, 5.74) is -2.23. The molecule has 3 aliphatic heterocycles. The van der Waals surface area contributed by atoms with Crippen LogP contribution in [0, 0.1) is 50.7 Å². The molecular weight excluding hydrogens is 684 g/mol. The van der Waals surface area contributed by atoms with Crippen molar-refractivity contribution in [1.82, 2.24) is 9.80 Å². The number of likely N-dealkylation sites (tertiary alicyclic amines) is 1. The maximum atomic E-state index is 12.7. The molecule has 0 aromatic carbocycles. The van der Waals surface area contributed by atoms with Gasteiger partial charge in [-0.15, -0.1) is 0 Å². The summed E-state index contributed by atoms with van der Waals surface area (Å²) in [6.07, 6.45) is 7.40. The standard InChI is InChI=1S/C44H76N2O8/c1-11-51-36(39(7,8)49)28-20-27(2)33-34(53-28)35(47)41(10)30-13-12-29-38(5,6)31(14-15-43(29)22-44(30,43)17-16-40(33,41)9)54-32-21-45(18-19-52-32)24-42(50)25-46(26-42)23-37(3,4)48/h27-36,47-50H,11-26H2,1-10H3/t27-,28?,29+,30?,31+,32+,33+,34?,35+,36+,40-,41-,43-,44+/m1/s1. The first kappa shape index (κ1) is 40.4. The second-order valence-corrected chi connectivity index (χ2v) is 22.4. The van der Waals surface area contributed by atoms with Crippen molar-refractivity contribution in [1.29, 1.82) is 0 Å². The number of rotatable bonds is 10. The average molecular weight is 761 g/mol. The number of nitrogens with zero attached hydrogens (tertiary/aromatic N) is 2. The van der Waals surface area contributed by atoms with Gasteiger partial charge in [-0.1, -0.05) is 34.6 Å². The molecule has 10 heteroatoms. The van der Waals surface area contributed by atoms with Crippen LogP contribution >= 0.6 is 0 Å². The van der Waals surface area contributed by atoms with E-state index in [1.165, 1.54) is 25.7 Å². The van der Waals surface area contributed by atoms with Gasteiger partial charge in [0.1, 0.15) is 11.7 Å². The lowest BCUT2D eigenvalue weighted by molar-refractivity contribution is -0.252. The molecule has 0 aromatic rings. The van der Waals surface area contributed by atoms with Crippen molar-refractivity contribution in [3.05, 3.63) is 0 Å². The highest BCUT2D eigenvalue weighted by molar-refractivity contribution is 5.33. The summed E-state index contributed by atoms with van der Waals surface area (Å²) < 4.78 is 26.4. The van der Waals surface area contributed by atoms with Crippen LogP contribution in [-0.2, 0) is 18.9 Å². The number of hydrogen-bond acceptors (Lipinski definition) is 10. The fourth-order valence-electron chi connectivity index (χ4n) is 15.7. The molecule has 5 aliphatic carbocycles. The Hall–Kier alpha value is -0.400. The van der Waals surface area contributed by atoms with Crippen molar-refractivity contribution in [2.24, 2.45) is 50.7 Å². The van der Waals surface area contributed by atoms with Gasteiger partial charge in [0.25, 0.3) is 0 Å². The van der Waals surface area contributed by atoms with E-state index in [1.54, 1.807) is 0 Å². The fourth-order valence-corrected chi connectivity index (χ4v) is 15.7. The molecule has 8 rings (SSSR count). The maximum Gasteiger partial charge on any atom is 0.170 e. The molecule has 3 heterocycles. The number of aliphatic hydroxyl groups is 4. The summed E-state index contributed by atoms with van der Waals surface area (Å²) in [6.45, 7) is 26.4. The molecule has 14 atom stereocenters. The molecule has 310 valence electrons. The van der Waals surface area contributed by atoms with Gasteiger partial charge in [0.05, 0.1) is 42.2 Å². The van der Waals surface area contributed by atoms with Gasteiger partial charge < -0.3 is 39.4 Å². The van der Waals surface area contributed by atoms with Gasteiger partial charge in [0, 0.05) is 51.3 Å². The first-order chi connectivity index (χ1) is 25.0. The Morgan fingerprint density at radius 3 is 2.28 bits per heavy atom. The lowest BCUT2D eigenvalue weighted by Gasteiger charge is -2.64. The van der Waals surface area contributed by atoms with Gasteiger partial charge >= 0.3 is 0 Å². The van der Waals surface area contributed by atoms with Crippen LogP contribution in [0.4, 0.5) is 0 Å². The van der Waals surface area contributed by atoms with E-state index in [2.05, 4.69) is 44.4 Å². The lowest BCUT2D eigenvalue weighted by Crippen LogP contribution is -2.68. The molecule has 2 spiro atoms. The first-order valence-electron chi connectivity index (χ1n) is 21.9. The lowest BCUT2D eigenvalue weighted by atomic mass is 9.41. The van der Waals surface area contributed by atoms with E-state index >= 15 is 0 Å². The number of β-amino-alcohol motifs (C(OH)–C–C–N with tert-alkyl or cyclic N) is 2. The summed E-state index contributed by atoms with van der Waals surface area (Å²) in [5.74, 6) is 1.69. The van der Waals surface area contributed by atoms with Crippen molar-refractivity contribution in [3.8, 4) is 0 Å². The van der Waals surface area contributed by atoms with Crippen molar-refractivity contribution in [3.63, 3.8) is 0 Å². The van der Waals surface area contributed by atoms with Crippen LogP contribution in [0.2, 0.25) is 0 Å². The topological polar surface area (TPSA) is 124 Å². The summed E-state index contributed by atoms with van der Waals surface area (Å²) in [7, 11) is 0. The highest BCUT2D eigenvalue weighted by Gasteiger charge is 2.84. The van der Waals surface area contributed by atoms with Gasteiger partial charge in [-0.25, -0.2) is 0 Å². The van der Waals surface area contributed by atoms with E-state index in [9.17, 15) is 20.4 Å². The molecule has 0 bridgehead atoms. The van der Waals surface area contributed by atoms with E-state index in [0.29, 0.717) is 69.1 Å². The third-order valence-corrected chi connectivity index (χ3v) is 17.7. The molecule has 3 saturated heterocycles. The third-order valence-electron chi connectivity index (χ3n) is 17.7. The van der Waals surface area contributed by atoms with Gasteiger partial charge in [-0.3, -0.25) is 9.80 Å². The van der Waals surface area contributed by atoms with Gasteiger partial charge in [-0.2, -0.15) is 0 Å². The summed E-state index contributed by atoms with van der Waals surface area (Å²) in [5, 5.41) is 45.2. The molecule has 8 fully saturated rings. The molecule has 8 aliphatic rings. The molecule has 3 unspecified atom stereocenters. The molecule has 0 radical (unpaired) electrons. The summed E-state index contributed by atoms with van der Waals surface area (Å²) in [6, 6.07) is 0. The Balaban J connectivity index is 0.951. The first-order valence-corrected chi connectivity index (χ1v) is 21.9. The van der Waals surface area contributed by atoms with Crippen LogP contribution in [0.25, 0.3) is 0 Å². The SMILES string of the molecule is CCO[C@@H](C1C[C@@H](C)[C@H]2C(O1)[C@H](O)[C@@]1(C)C3CC[C@H]4C(C)(C)[C@@H](O[C@H]5CN(CC6(O)CN(CC(C)(C)O)C6)CCO5)CC[C@@]45C[C@@]35CC[C@]21C)C(C)(C)O. The van der Waals surface area contributed by atoms with Gasteiger partial charge in [0.2, 0.25) is 0 Å². The Labute approximate surface area is 326 Å². The van der Waals surface area contributed by atoms with E-state index in [0.717, 1.165) is 32.2 Å². The normalized spacial score (nSPS) is 49.1. The minimum absolute atomic E-state index is 0.00228. The highest BCUT2D eigenvalue weighted by Crippen LogP contribution is 2.89. The largest absolute Gasteiger partial charge is 0.390 e. The molecule has 54 heavy (non-hydrogen) atoms. The zero-order valence-corrected chi connectivity index (χ0v) is 35.4. The van der Waals surface area contributed by atoms with Crippen molar-refractivity contribution in [2.45, 2.75) is 174 Å². The maximum absolute atomic E-state index is 12.7. The summed E-state index contributed by atoms with van der Waals surface area (Å²) >= 11 is 0. The summed E-state index contributed by atoms with van der Waals surface area (Å²) in [4.78, 5) is 4.44. The number of hydrogen-bond donors (Lipinski definition) is 4. The quantitative estimate of drug-likeness (QED) is 0.246. The third kappa shape index (κ3) is 5.98. The fraction of sp³-hybridized carbons (Fsp3) is 1.00. The predicted molar refractivity (Wildman–Crippen MR) is 207 cm³/mol. The number of aliphatic hydroxyl groups excluding tert-OH is 1. The Kier molecular flexibility index (Phi) is 9.76. The Morgan fingerprint density at radius 2 is 1.61 bits per heavy atom. The van der Waals surface area contributed by atoms with E-state index in [4.69, 9.17) is 18.9 Å². The minimum atomic E-state index is -1.03. The Morgan fingerprint density at radius 1 is 0.926 bits per heavy atom. The average Bonchev–Trinajstić information content (AvgIpc) is 3.68. The van der Waals surface area contributed by atoms with Crippen LogP contribution in [0.3, 0.4) is 0 Å². The molecule has 0 aromatic heterocycles. The van der Waals surface area contributed by atoms with Crippen molar-refractivity contribution < 1.29 is 39.4 Å². The zero-order chi connectivity index (χ0) is 39.1.